The molecule has 1 aromatic heterocycles. The summed E-state index contributed by atoms with van der Waals surface area (Å²) in [6.07, 6.45) is 4.84. The molecule has 0 aliphatic heterocycles. The predicted molar refractivity (Wildman–Crippen MR) is 69.9 cm³/mol. The quantitative estimate of drug-likeness (QED) is 0.654. The standard InChI is InChI=1S/C13H23N3O/c1-16(10-3-6-14-9-11-17-2)12-13-4-7-15-8-5-13/h4-5,7-8,14H,3,6,9-12H2,1-2H3. The summed E-state index contributed by atoms with van der Waals surface area (Å²) in [6, 6.07) is 4.13. The van der Waals surface area contributed by atoms with Gasteiger partial charge in [0.1, 0.15) is 0 Å². The molecule has 1 aromatic rings. The molecule has 0 aliphatic carbocycles. The van der Waals surface area contributed by atoms with Gasteiger partial charge in [-0.1, -0.05) is 0 Å². The zero-order valence-corrected chi connectivity index (χ0v) is 10.9. The normalized spacial score (nSPS) is 11.0. The van der Waals surface area contributed by atoms with Gasteiger partial charge in [-0.05, 0) is 44.3 Å². The van der Waals surface area contributed by atoms with Gasteiger partial charge < -0.3 is 15.0 Å². The van der Waals surface area contributed by atoms with Gasteiger partial charge in [0.25, 0.3) is 0 Å². The smallest absolute Gasteiger partial charge is 0.0587 e. The topological polar surface area (TPSA) is 37.4 Å². The molecular formula is C13H23N3O. The van der Waals surface area contributed by atoms with Crippen LogP contribution in [0.4, 0.5) is 0 Å². The van der Waals surface area contributed by atoms with Crippen molar-refractivity contribution in [2.24, 2.45) is 0 Å². The first-order chi connectivity index (χ1) is 8.33. The zero-order valence-electron chi connectivity index (χ0n) is 10.9. The van der Waals surface area contributed by atoms with Gasteiger partial charge in [0, 0.05) is 32.6 Å². The van der Waals surface area contributed by atoms with Crippen molar-refractivity contribution in [3.63, 3.8) is 0 Å². The third kappa shape index (κ3) is 7.05. The lowest BCUT2D eigenvalue weighted by Gasteiger charge is -2.16. The summed E-state index contributed by atoms with van der Waals surface area (Å²) in [5, 5.41) is 3.34. The summed E-state index contributed by atoms with van der Waals surface area (Å²) in [6.45, 7) is 4.85. The summed E-state index contributed by atoms with van der Waals surface area (Å²) >= 11 is 0. The lowest BCUT2D eigenvalue weighted by Crippen LogP contribution is -2.25. The maximum Gasteiger partial charge on any atom is 0.0587 e. The summed E-state index contributed by atoms with van der Waals surface area (Å²) in [7, 11) is 3.87. The van der Waals surface area contributed by atoms with E-state index in [1.54, 1.807) is 7.11 Å². The van der Waals surface area contributed by atoms with Gasteiger partial charge in [0.15, 0.2) is 0 Å². The van der Waals surface area contributed by atoms with Crippen LogP contribution in [-0.2, 0) is 11.3 Å². The van der Waals surface area contributed by atoms with E-state index in [9.17, 15) is 0 Å². The third-order valence-corrected chi connectivity index (χ3v) is 2.58. The Labute approximate surface area is 104 Å². The SMILES string of the molecule is COCCNCCCN(C)Cc1ccncc1. The highest BCUT2D eigenvalue weighted by atomic mass is 16.5. The van der Waals surface area contributed by atoms with Gasteiger partial charge in [0.05, 0.1) is 6.61 Å². The minimum atomic E-state index is 0.785. The minimum Gasteiger partial charge on any atom is -0.383 e. The second kappa shape index (κ2) is 9.10. The van der Waals surface area contributed by atoms with Crippen LogP contribution in [0.5, 0.6) is 0 Å². The number of aromatic nitrogens is 1. The molecule has 0 amide bonds. The minimum absolute atomic E-state index is 0.785. The Kier molecular flexibility index (Phi) is 7.54. The van der Waals surface area contributed by atoms with Crippen molar-refractivity contribution in [1.82, 2.24) is 15.2 Å². The predicted octanol–water partition coefficient (Wildman–Crippen LogP) is 1.14. The highest BCUT2D eigenvalue weighted by molar-refractivity contribution is 5.09. The number of nitrogens with one attached hydrogen (secondary N) is 1. The molecule has 17 heavy (non-hydrogen) atoms. The van der Waals surface area contributed by atoms with Crippen molar-refractivity contribution >= 4 is 0 Å². The van der Waals surface area contributed by atoms with Crippen LogP contribution >= 0.6 is 0 Å². The molecule has 0 unspecified atom stereocenters. The molecule has 1 rings (SSSR count). The van der Waals surface area contributed by atoms with Crippen LogP contribution in [0.25, 0.3) is 0 Å². The molecule has 0 saturated heterocycles. The third-order valence-electron chi connectivity index (χ3n) is 2.58. The molecule has 0 aromatic carbocycles. The van der Waals surface area contributed by atoms with Crippen LogP contribution < -0.4 is 5.32 Å². The maximum absolute atomic E-state index is 4.97. The molecule has 0 spiro atoms. The molecular weight excluding hydrogens is 214 g/mol. The molecule has 0 radical (unpaired) electrons. The van der Waals surface area contributed by atoms with Crippen LogP contribution in [0.3, 0.4) is 0 Å². The van der Waals surface area contributed by atoms with E-state index in [2.05, 4.69) is 34.4 Å². The van der Waals surface area contributed by atoms with Crippen molar-refractivity contribution in [2.75, 3.05) is 40.4 Å². The summed E-state index contributed by atoms with van der Waals surface area (Å²) in [4.78, 5) is 6.34. The van der Waals surface area contributed by atoms with Crippen molar-refractivity contribution < 1.29 is 4.74 Å². The molecule has 1 N–H and O–H groups in total. The molecule has 0 aliphatic rings. The second-order valence-electron chi connectivity index (χ2n) is 4.19. The summed E-state index contributed by atoms with van der Waals surface area (Å²) < 4.78 is 4.97. The molecule has 1 heterocycles. The lowest BCUT2D eigenvalue weighted by molar-refractivity contribution is 0.198. The van der Waals surface area contributed by atoms with E-state index in [0.717, 1.165) is 39.2 Å². The Morgan fingerprint density at radius 2 is 2.06 bits per heavy atom. The van der Waals surface area contributed by atoms with Crippen LogP contribution in [0.15, 0.2) is 24.5 Å². The monoisotopic (exact) mass is 237 g/mol. The van der Waals surface area contributed by atoms with E-state index in [0.29, 0.717) is 0 Å². The number of hydrogen-bond acceptors (Lipinski definition) is 4. The van der Waals surface area contributed by atoms with Crippen LogP contribution in [0.2, 0.25) is 0 Å². The fraction of sp³-hybridized carbons (Fsp3) is 0.615. The first kappa shape index (κ1) is 14.1. The number of hydrogen-bond donors (Lipinski definition) is 1. The number of rotatable bonds is 9. The highest BCUT2D eigenvalue weighted by Gasteiger charge is 1.99. The van der Waals surface area contributed by atoms with Gasteiger partial charge in [-0.2, -0.15) is 0 Å². The van der Waals surface area contributed by atoms with Gasteiger partial charge in [-0.3, -0.25) is 4.98 Å². The Hall–Kier alpha value is -0.970. The van der Waals surface area contributed by atoms with Gasteiger partial charge in [0.2, 0.25) is 0 Å². The second-order valence-corrected chi connectivity index (χ2v) is 4.19. The first-order valence-corrected chi connectivity index (χ1v) is 6.10. The Morgan fingerprint density at radius 1 is 1.29 bits per heavy atom. The van der Waals surface area contributed by atoms with Crippen molar-refractivity contribution in [1.29, 1.82) is 0 Å². The van der Waals surface area contributed by atoms with Gasteiger partial charge in [-0.25, -0.2) is 0 Å². The molecule has 0 atom stereocenters. The Morgan fingerprint density at radius 3 is 2.76 bits per heavy atom. The zero-order chi connectivity index (χ0) is 12.3. The highest BCUT2D eigenvalue weighted by Crippen LogP contribution is 2.01. The fourth-order valence-corrected chi connectivity index (χ4v) is 1.65. The van der Waals surface area contributed by atoms with E-state index in [-0.39, 0.29) is 0 Å². The molecule has 4 heteroatoms. The number of nitrogens with zero attached hydrogens (tertiary/aromatic N) is 2. The molecule has 0 saturated carbocycles. The molecule has 96 valence electrons. The van der Waals surface area contributed by atoms with E-state index in [1.165, 1.54) is 5.56 Å². The molecule has 0 bridgehead atoms. The first-order valence-electron chi connectivity index (χ1n) is 6.10. The Bertz CT molecular complexity index is 279. The number of ether oxygens (including phenoxy) is 1. The van der Waals surface area contributed by atoms with Crippen LogP contribution in [0.1, 0.15) is 12.0 Å². The fourth-order valence-electron chi connectivity index (χ4n) is 1.65. The molecule has 4 nitrogen and oxygen atoms in total. The summed E-state index contributed by atoms with van der Waals surface area (Å²) in [5.41, 5.74) is 1.31. The molecule has 0 fully saturated rings. The number of methoxy groups -OCH3 is 1. The van der Waals surface area contributed by atoms with Gasteiger partial charge in [-0.15, -0.1) is 0 Å². The summed E-state index contributed by atoms with van der Waals surface area (Å²) in [5.74, 6) is 0. The van der Waals surface area contributed by atoms with E-state index in [4.69, 9.17) is 4.74 Å². The van der Waals surface area contributed by atoms with Crippen molar-refractivity contribution in [3.05, 3.63) is 30.1 Å². The van der Waals surface area contributed by atoms with Crippen LogP contribution in [0, 0.1) is 0 Å². The number of pyridine rings is 1. The largest absolute Gasteiger partial charge is 0.383 e. The van der Waals surface area contributed by atoms with E-state index in [1.807, 2.05) is 12.4 Å². The van der Waals surface area contributed by atoms with Crippen molar-refractivity contribution in [3.8, 4) is 0 Å². The lowest BCUT2D eigenvalue weighted by atomic mass is 10.2. The Balaban J connectivity index is 2.03. The average Bonchev–Trinajstić information content (AvgIpc) is 2.35. The maximum atomic E-state index is 4.97. The van der Waals surface area contributed by atoms with E-state index < -0.39 is 0 Å². The van der Waals surface area contributed by atoms with E-state index >= 15 is 0 Å². The average molecular weight is 237 g/mol. The van der Waals surface area contributed by atoms with Crippen molar-refractivity contribution in [2.45, 2.75) is 13.0 Å². The van der Waals surface area contributed by atoms with Gasteiger partial charge >= 0.3 is 0 Å². The van der Waals surface area contributed by atoms with Crippen LogP contribution in [-0.4, -0.2) is 50.3 Å².